The van der Waals surface area contributed by atoms with Crippen molar-refractivity contribution in [2.45, 2.75) is 13.3 Å². The molecule has 2 aromatic heterocycles. The second kappa shape index (κ2) is 3.66. The van der Waals surface area contributed by atoms with Crippen LogP contribution in [0.1, 0.15) is 12.7 Å². The molecule has 0 amide bonds. The fraction of sp³-hybridized carbons (Fsp3) is 0.154. The number of hydrogen-bond acceptors (Lipinski definition) is 3. The third kappa shape index (κ3) is 1.58. The number of benzene rings is 1. The molecule has 1 aromatic carbocycles. The van der Waals surface area contributed by atoms with E-state index in [0.717, 1.165) is 40.3 Å². The monoisotopic (exact) mass is 227 g/mol. The fourth-order valence-corrected chi connectivity index (χ4v) is 1.98. The standard InChI is InChI=1S/C13H13N3O/c1-2-12-9(5-6-17-12)13-15-10-4-3-8(14)7-11(10)16-13/h3-7H,2,14H2,1H3,(H,15,16). The Morgan fingerprint density at radius 1 is 1.35 bits per heavy atom. The number of nitrogen functional groups attached to an aromatic ring is 1. The van der Waals surface area contributed by atoms with Crippen molar-refractivity contribution in [2.24, 2.45) is 0 Å². The molecule has 17 heavy (non-hydrogen) atoms. The quantitative estimate of drug-likeness (QED) is 0.661. The average Bonchev–Trinajstić information content (AvgIpc) is 2.93. The SMILES string of the molecule is CCc1occc1-c1nc2ccc(N)cc2[nH]1. The lowest BCUT2D eigenvalue weighted by atomic mass is 10.2. The molecule has 0 aliphatic heterocycles. The summed E-state index contributed by atoms with van der Waals surface area (Å²) in [5.41, 5.74) is 9.35. The number of nitrogens with zero attached hydrogens (tertiary/aromatic N) is 1. The van der Waals surface area contributed by atoms with E-state index in [2.05, 4.69) is 16.9 Å². The number of furan rings is 1. The first kappa shape index (κ1) is 9.96. The highest BCUT2D eigenvalue weighted by atomic mass is 16.3. The molecule has 0 aliphatic carbocycles. The Bertz CT molecular complexity index is 666. The van der Waals surface area contributed by atoms with E-state index in [4.69, 9.17) is 10.2 Å². The molecule has 0 fully saturated rings. The van der Waals surface area contributed by atoms with Gasteiger partial charge in [-0.25, -0.2) is 4.98 Å². The molecular weight excluding hydrogens is 214 g/mol. The summed E-state index contributed by atoms with van der Waals surface area (Å²) in [5.74, 6) is 1.77. The van der Waals surface area contributed by atoms with Crippen LogP contribution in [-0.4, -0.2) is 9.97 Å². The summed E-state index contributed by atoms with van der Waals surface area (Å²) < 4.78 is 5.40. The van der Waals surface area contributed by atoms with Gasteiger partial charge in [-0.1, -0.05) is 6.92 Å². The summed E-state index contributed by atoms with van der Waals surface area (Å²) in [4.78, 5) is 7.80. The van der Waals surface area contributed by atoms with Gasteiger partial charge in [-0.15, -0.1) is 0 Å². The number of aromatic amines is 1. The Labute approximate surface area is 98.5 Å². The lowest BCUT2D eigenvalue weighted by Crippen LogP contribution is -1.83. The van der Waals surface area contributed by atoms with E-state index in [1.54, 1.807) is 6.26 Å². The molecule has 3 N–H and O–H groups in total. The third-order valence-corrected chi connectivity index (χ3v) is 2.83. The van der Waals surface area contributed by atoms with Gasteiger partial charge in [-0.3, -0.25) is 0 Å². The van der Waals surface area contributed by atoms with Crippen LogP contribution in [-0.2, 0) is 6.42 Å². The number of rotatable bonds is 2. The van der Waals surface area contributed by atoms with E-state index in [9.17, 15) is 0 Å². The molecule has 3 aromatic rings. The average molecular weight is 227 g/mol. The highest BCUT2D eigenvalue weighted by Crippen LogP contribution is 2.25. The highest BCUT2D eigenvalue weighted by Gasteiger charge is 2.11. The van der Waals surface area contributed by atoms with E-state index in [-0.39, 0.29) is 0 Å². The van der Waals surface area contributed by atoms with Gasteiger partial charge in [0.2, 0.25) is 0 Å². The van der Waals surface area contributed by atoms with Crippen molar-refractivity contribution in [3.8, 4) is 11.4 Å². The van der Waals surface area contributed by atoms with Gasteiger partial charge in [0.15, 0.2) is 0 Å². The summed E-state index contributed by atoms with van der Waals surface area (Å²) in [7, 11) is 0. The molecule has 0 aliphatic rings. The van der Waals surface area contributed by atoms with Crippen molar-refractivity contribution in [2.75, 3.05) is 5.73 Å². The molecule has 0 saturated carbocycles. The molecule has 4 nitrogen and oxygen atoms in total. The first-order valence-corrected chi connectivity index (χ1v) is 5.60. The maximum atomic E-state index is 5.74. The highest BCUT2D eigenvalue weighted by molar-refractivity contribution is 5.82. The predicted molar refractivity (Wildman–Crippen MR) is 67.6 cm³/mol. The Kier molecular flexibility index (Phi) is 2.14. The summed E-state index contributed by atoms with van der Waals surface area (Å²) in [6.45, 7) is 2.06. The number of nitrogens with one attached hydrogen (secondary N) is 1. The Balaban J connectivity index is 2.18. The van der Waals surface area contributed by atoms with Gasteiger partial charge in [-0.2, -0.15) is 0 Å². The van der Waals surface area contributed by atoms with E-state index in [1.165, 1.54) is 0 Å². The van der Waals surface area contributed by atoms with Gasteiger partial charge in [0, 0.05) is 12.1 Å². The van der Waals surface area contributed by atoms with Crippen LogP contribution in [0.2, 0.25) is 0 Å². The van der Waals surface area contributed by atoms with Crippen molar-refractivity contribution in [1.29, 1.82) is 0 Å². The van der Waals surface area contributed by atoms with Gasteiger partial charge >= 0.3 is 0 Å². The number of hydrogen-bond donors (Lipinski definition) is 2. The molecular formula is C13H13N3O. The molecule has 0 bridgehead atoms. The van der Waals surface area contributed by atoms with Crippen LogP contribution in [0.25, 0.3) is 22.4 Å². The maximum absolute atomic E-state index is 5.74. The van der Waals surface area contributed by atoms with Crippen molar-refractivity contribution >= 4 is 16.7 Å². The number of fused-ring (bicyclic) bond motifs is 1. The fourth-order valence-electron chi connectivity index (χ4n) is 1.98. The van der Waals surface area contributed by atoms with Crippen molar-refractivity contribution in [3.05, 3.63) is 36.3 Å². The van der Waals surface area contributed by atoms with Crippen molar-refractivity contribution in [1.82, 2.24) is 9.97 Å². The number of aryl methyl sites for hydroxylation is 1. The smallest absolute Gasteiger partial charge is 0.142 e. The van der Waals surface area contributed by atoms with E-state index in [0.29, 0.717) is 0 Å². The van der Waals surface area contributed by atoms with Gasteiger partial charge in [0.1, 0.15) is 11.6 Å². The minimum atomic E-state index is 0.732. The van der Waals surface area contributed by atoms with Crippen LogP contribution in [0.15, 0.2) is 34.9 Å². The van der Waals surface area contributed by atoms with Crippen LogP contribution >= 0.6 is 0 Å². The van der Waals surface area contributed by atoms with Crippen LogP contribution in [0.5, 0.6) is 0 Å². The molecule has 4 heteroatoms. The van der Waals surface area contributed by atoms with Crippen LogP contribution < -0.4 is 5.73 Å². The number of nitrogens with two attached hydrogens (primary N) is 1. The number of imidazole rings is 1. The van der Waals surface area contributed by atoms with Gasteiger partial charge in [0.25, 0.3) is 0 Å². The first-order chi connectivity index (χ1) is 8.28. The second-order valence-corrected chi connectivity index (χ2v) is 3.97. The Hall–Kier alpha value is -2.23. The first-order valence-electron chi connectivity index (χ1n) is 5.60. The zero-order valence-electron chi connectivity index (χ0n) is 9.53. The Morgan fingerprint density at radius 2 is 2.24 bits per heavy atom. The molecule has 0 spiro atoms. The summed E-state index contributed by atoms with van der Waals surface area (Å²) in [6, 6.07) is 7.58. The minimum Gasteiger partial charge on any atom is -0.469 e. The van der Waals surface area contributed by atoms with Crippen molar-refractivity contribution < 1.29 is 4.42 Å². The van der Waals surface area contributed by atoms with Gasteiger partial charge < -0.3 is 15.1 Å². The van der Waals surface area contributed by atoms with Crippen LogP contribution in [0, 0.1) is 0 Å². The molecule has 0 saturated heterocycles. The molecule has 3 rings (SSSR count). The van der Waals surface area contributed by atoms with E-state index >= 15 is 0 Å². The van der Waals surface area contributed by atoms with Crippen molar-refractivity contribution in [3.63, 3.8) is 0 Å². The maximum Gasteiger partial charge on any atom is 0.142 e. The largest absolute Gasteiger partial charge is 0.469 e. The lowest BCUT2D eigenvalue weighted by molar-refractivity contribution is 0.517. The normalized spacial score (nSPS) is 11.1. The molecule has 0 unspecified atom stereocenters. The number of anilines is 1. The zero-order valence-corrected chi connectivity index (χ0v) is 9.53. The van der Waals surface area contributed by atoms with E-state index in [1.807, 2.05) is 24.3 Å². The predicted octanol–water partition coefficient (Wildman–Crippen LogP) is 2.97. The minimum absolute atomic E-state index is 0.732. The summed E-state index contributed by atoms with van der Waals surface area (Å²) in [5, 5.41) is 0. The van der Waals surface area contributed by atoms with E-state index < -0.39 is 0 Å². The summed E-state index contributed by atoms with van der Waals surface area (Å²) in [6.07, 6.45) is 2.54. The molecule has 0 atom stereocenters. The number of H-pyrrole nitrogens is 1. The topological polar surface area (TPSA) is 67.8 Å². The number of aromatic nitrogens is 2. The lowest BCUT2D eigenvalue weighted by Gasteiger charge is -1.94. The zero-order chi connectivity index (χ0) is 11.8. The van der Waals surface area contributed by atoms with Gasteiger partial charge in [-0.05, 0) is 24.3 Å². The third-order valence-electron chi connectivity index (χ3n) is 2.83. The molecule has 0 radical (unpaired) electrons. The second-order valence-electron chi connectivity index (χ2n) is 3.97. The van der Waals surface area contributed by atoms with Crippen LogP contribution in [0.4, 0.5) is 5.69 Å². The molecule has 86 valence electrons. The van der Waals surface area contributed by atoms with Crippen LogP contribution in [0.3, 0.4) is 0 Å². The van der Waals surface area contributed by atoms with Gasteiger partial charge in [0.05, 0.1) is 22.9 Å². The Morgan fingerprint density at radius 3 is 3.06 bits per heavy atom. The molecule has 2 heterocycles. The summed E-state index contributed by atoms with van der Waals surface area (Å²) >= 11 is 0.